The molecule has 0 radical (unpaired) electrons. The Bertz CT molecular complexity index is 432. The first kappa shape index (κ1) is 11.9. The highest BCUT2D eigenvalue weighted by Crippen LogP contribution is 2.38. The fourth-order valence-corrected chi connectivity index (χ4v) is 2.88. The fourth-order valence-electron chi connectivity index (χ4n) is 2.88. The number of benzene rings is 1. The van der Waals surface area contributed by atoms with E-state index in [1.54, 1.807) is 6.07 Å². The third-order valence-electron chi connectivity index (χ3n) is 3.93. The third kappa shape index (κ3) is 2.22. The largest absolute Gasteiger partial charge is 0.490 e. The second-order valence-electron chi connectivity index (χ2n) is 5.13. The van der Waals surface area contributed by atoms with Gasteiger partial charge in [-0.2, -0.15) is 0 Å². The number of halogens is 1. The van der Waals surface area contributed by atoms with Crippen molar-refractivity contribution in [2.75, 3.05) is 13.2 Å². The molecule has 1 aromatic rings. The predicted octanol–water partition coefficient (Wildman–Crippen LogP) is 2.40. The summed E-state index contributed by atoms with van der Waals surface area (Å²) in [5.41, 5.74) is 7.08. The second-order valence-corrected chi connectivity index (χ2v) is 5.13. The van der Waals surface area contributed by atoms with Crippen molar-refractivity contribution in [2.24, 2.45) is 11.7 Å². The first-order chi connectivity index (χ1) is 8.74. The van der Waals surface area contributed by atoms with Crippen LogP contribution in [0.1, 0.15) is 30.9 Å². The molecule has 3 rings (SSSR count). The lowest BCUT2D eigenvalue weighted by molar-refractivity contribution is 0.00717. The lowest BCUT2D eigenvalue weighted by Crippen LogP contribution is -2.37. The van der Waals surface area contributed by atoms with E-state index in [4.69, 9.17) is 15.2 Å². The van der Waals surface area contributed by atoms with Crippen LogP contribution in [-0.2, 0) is 4.74 Å². The van der Waals surface area contributed by atoms with Gasteiger partial charge in [0.25, 0.3) is 0 Å². The molecule has 0 aliphatic carbocycles. The van der Waals surface area contributed by atoms with Crippen molar-refractivity contribution in [3.05, 3.63) is 29.6 Å². The maximum absolute atomic E-state index is 13.3. The summed E-state index contributed by atoms with van der Waals surface area (Å²) < 4.78 is 24.6. The molecule has 2 heterocycles. The molecule has 1 fully saturated rings. The number of ether oxygens (including phenoxy) is 2. The van der Waals surface area contributed by atoms with Crippen LogP contribution in [0.2, 0.25) is 0 Å². The Labute approximate surface area is 106 Å². The van der Waals surface area contributed by atoms with Crippen molar-refractivity contribution in [3.63, 3.8) is 0 Å². The minimum Gasteiger partial charge on any atom is -0.490 e. The van der Waals surface area contributed by atoms with E-state index in [0.717, 1.165) is 38.0 Å². The molecule has 1 aromatic carbocycles. The topological polar surface area (TPSA) is 44.5 Å². The van der Waals surface area contributed by atoms with Gasteiger partial charge in [-0.15, -0.1) is 0 Å². The SMILES string of the molecule is N[C@H]1CC(C2CCOCC2)Oc2cc(F)ccc21. The summed E-state index contributed by atoms with van der Waals surface area (Å²) in [4.78, 5) is 0. The molecule has 2 atom stereocenters. The van der Waals surface area contributed by atoms with Crippen LogP contribution in [0.25, 0.3) is 0 Å². The van der Waals surface area contributed by atoms with E-state index in [1.807, 2.05) is 0 Å². The molecular weight excluding hydrogens is 233 g/mol. The molecule has 4 heteroatoms. The molecule has 0 amide bonds. The summed E-state index contributed by atoms with van der Waals surface area (Å²) in [7, 11) is 0. The molecule has 98 valence electrons. The first-order valence-electron chi connectivity index (χ1n) is 6.53. The van der Waals surface area contributed by atoms with Crippen molar-refractivity contribution in [1.82, 2.24) is 0 Å². The molecule has 1 unspecified atom stereocenters. The van der Waals surface area contributed by atoms with E-state index in [-0.39, 0.29) is 18.0 Å². The summed E-state index contributed by atoms with van der Waals surface area (Å²) in [5.74, 6) is 0.819. The van der Waals surface area contributed by atoms with Crippen molar-refractivity contribution < 1.29 is 13.9 Å². The maximum Gasteiger partial charge on any atom is 0.127 e. The number of hydrogen-bond acceptors (Lipinski definition) is 3. The van der Waals surface area contributed by atoms with Gasteiger partial charge in [0.05, 0.1) is 0 Å². The van der Waals surface area contributed by atoms with Crippen molar-refractivity contribution in [1.29, 1.82) is 0 Å². The third-order valence-corrected chi connectivity index (χ3v) is 3.93. The molecule has 2 aliphatic heterocycles. The van der Waals surface area contributed by atoms with Crippen LogP contribution in [0.4, 0.5) is 4.39 Å². The highest BCUT2D eigenvalue weighted by molar-refractivity contribution is 5.38. The van der Waals surface area contributed by atoms with Crippen LogP contribution >= 0.6 is 0 Å². The molecule has 0 bridgehead atoms. The smallest absolute Gasteiger partial charge is 0.127 e. The Morgan fingerprint density at radius 2 is 2.00 bits per heavy atom. The van der Waals surface area contributed by atoms with Crippen molar-refractivity contribution in [3.8, 4) is 5.75 Å². The van der Waals surface area contributed by atoms with Crippen LogP contribution < -0.4 is 10.5 Å². The van der Waals surface area contributed by atoms with Gasteiger partial charge in [-0.3, -0.25) is 0 Å². The van der Waals surface area contributed by atoms with E-state index in [0.29, 0.717) is 11.7 Å². The minimum absolute atomic E-state index is 0.0535. The predicted molar refractivity (Wildman–Crippen MR) is 65.9 cm³/mol. The van der Waals surface area contributed by atoms with Crippen LogP contribution in [0.3, 0.4) is 0 Å². The molecule has 0 spiro atoms. The Hall–Kier alpha value is -1.13. The van der Waals surface area contributed by atoms with Gasteiger partial charge in [-0.1, -0.05) is 6.07 Å². The van der Waals surface area contributed by atoms with E-state index >= 15 is 0 Å². The van der Waals surface area contributed by atoms with Gasteiger partial charge in [0.15, 0.2) is 0 Å². The number of rotatable bonds is 1. The Balaban J connectivity index is 1.81. The van der Waals surface area contributed by atoms with E-state index in [1.165, 1.54) is 12.1 Å². The second kappa shape index (κ2) is 4.86. The summed E-state index contributed by atoms with van der Waals surface area (Å²) in [6, 6.07) is 4.56. The average Bonchev–Trinajstić information content (AvgIpc) is 2.39. The monoisotopic (exact) mass is 251 g/mol. The van der Waals surface area contributed by atoms with Crippen LogP contribution in [0.15, 0.2) is 18.2 Å². The quantitative estimate of drug-likeness (QED) is 0.833. The maximum atomic E-state index is 13.3. The highest BCUT2D eigenvalue weighted by atomic mass is 19.1. The zero-order chi connectivity index (χ0) is 12.5. The van der Waals surface area contributed by atoms with Gasteiger partial charge in [0.2, 0.25) is 0 Å². The Morgan fingerprint density at radius 3 is 2.78 bits per heavy atom. The lowest BCUT2D eigenvalue weighted by atomic mass is 9.86. The van der Waals surface area contributed by atoms with Gasteiger partial charge in [0, 0.05) is 43.2 Å². The summed E-state index contributed by atoms with van der Waals surface area (Å²) in [5, 5.41) is 0. The summed E-state index contributed by atoms with van der Waals surface area (Å²) >= 11 is 0. The minimum atomic E-state index is -0.270. The average molecular weight is 251 g/mol. The zero-order valence-electron chi connectivity index (χ0n) is 10.3. The van der Waals surface area contributed by atoms with Gasteiger partial charge < -0.3 is 15.2 Å². The van der Waals surface area contributed by atoms with Gasteiger partial charge in [0.1, 0.15) is 17.7 Å². The molecule has 0 aromatic heterocycles. The van der Waals surface area contributed by atoms with Gasteiger partial charge in [-0.05, 0) is 18.9 Å². The number of hydrogen-bond donors (Lipinski definition) is 1. The van der Waals surface area contributed by atoms with Crippen molar-refractivity contribution >= 4 is 0 Å². The zero-order valence-corrected chi connectivity index (χ0v) is 10.3. The molecular formula is C14H18FNO2. The molecule has 2 N–H and O–H groups in total. The standard InChI is InChI=1S/C14H18FNO2/c15-10-1-2-11-12(16)8-13(18-14(11)7-10)9-3-5-17-6-4-9/h1-2,7,9,12-13H,3-6,8,16H2/t12-,13?/m0/s1. The molecule has 1 saturated heterocycles. The Morgan fingerprint density at radius 1 is 1.22 bits per heavy atom. The fraction of sp³-hybridized carbons (Fsp3) is 0.571. The van der Waals surface area contributed by atoms with Crippen LogP contribution in [-0.4, -0.2) is 19.3 Å². The number of nitrogens with two attached hydrogens (primary N) is 1. The van der Waals surface area contributed by atoms with Gasteiger partial charge in [-0.25, -0.2) is 4.39 Å². The molecule has 2 aliphatic rings. The lowest BCUT2D eigenvalue weighted by Gasteiger charge is -2.36. The molecule has 18 heavy (non-hydrogen) atoms. The van der Waals surface area contributed by atoms with E-state index in [2.05, 4.69) is 0 Å². The van der Waals surface area contributed by atoms with Crippen LogP contribution in [0, 0.1) is 11.7 Å². The Kier molecular flexibility index (Phi) is 3.22. The highest BCUT2D eigenvalue weighted by Gasteiger charge is 2.32. The molecule has 3 nitrogen and oxygen atoms in total. The van der Waals surface area contributed by atoms with Crippen LogP contribution in [0.5, 0.6) is 5.75 Å². The number of fused-ring (bicyclic) bond motifs is 1. The summed E-state index contributed by atoms with van der Waals surface area (Å²) in [6.45, 7) is 1.57. The summed E-state index contributed by atoms with van der Waals surface area (Å²) in [6.07, 6.45) is 2.91. The van der Waals surface area contributed by atoms with Crippen molar-refractivity contribution in [2.45, 2.75) is 31.4 Å². The molecule has 0 saturated carbocycles. The first-order valence-corrected chi connectivity index (χ1v) is 6.53. The van der Waals surface area contributed by atoms with E-state index < -0.39 is 0 Å². The normalized spacial score (nSPS) is 28.6. The van der Waals surface area contributed by atoms with E-state index in [9.17, 15) is 4.39 Å². The van der Waals surface area contributed by atoms with Gasteiger partial charge >= 0.3 is 0 Å².